The molecule has 4 atom stereocenters. The highest BCUT2D eigenvalue weighted by Gasteiger charge is 2.32. The number of nitrogens with one attached hydrogen (secondary N) is 1. The minimum Gasteiger partial charge on any atom is -0.493 e. The Balaban J connectivity index is 1.93. The molecule has 0 radical (unpaired) electrons. The number of nitrogens with two attached hydrogens (primary N) is 1. The third kappa shape index (κ3) is 12.3. The molecule has 1 aliphatic rings. The fraction of sp³-hybridized carbons (Fsp3) is 0.727. The second-order valence-corrected chi connectivity index (χ2v) is 12.5. The van der Waals surface area contributed by atoms with Gasteiger partial charge in [0, 0.05) is 52.4 Å². The molecule has 0 aliphatic carbocycles. The standard InChI is InChI=1S/C33H56N4O7/c1-23(2)25(21-35-32(40)26-11-7-8-12-30(26)44-16-10-9-15-42-6)19-28(34)29(38)20-27(24(3)4)33(41)36(5)22-31(39)37-13-17-43-18-14-37/h7-8,11-12,23-25,27-29,38H,9-10,13-22,34H2,1-6H3,(H,35,40)/t25-,27+,28+,29+/m1/s1. The molecule has 0 bridgehead atoms. The predicted octanol–water partition coefficient (Wildman–Crippen LogP) is 2.55. The summed E-state index contributed by atoms with van der Waals surface area (Å²) in [6.07, 6.45) is 1.45. The van der Waals surface area contributed by atoms with Gasteiger partial charge in [-0.1, -0.05) is 39.8 Å². The van der Waals surface area contributed by atoms with Crippen LogP contribution in [-0.4, -0.2) is 112 Å². The maximum absolute atomic E-state index is 13.4. The molecule has 1 aromatic carbocycles. The summed E-state index contributed by atoms with van der Waals surface area (Å²) in [5.41, 5.74) is 6.97. The Morgan fingerprint density at radius 1 is 1.05 bits per heavy atom. The van der Waals surface area contributed by atoms with Gasteiger partial charge in [-0.15, -0.1) is 0 Å². The Kier molecular flexibility index (Phi) is 16.7. The Hall–Kier alpha value is -2.73. The highest BCUT2D eigenvalue weighted by Crippen LogP contribution is 2.25. The molecule has 44 heavy (non-hydrogen) atoms. The first-order valence-corrected chi connectivity index (χ1v) is 16.0. The largest absolute Gasteiger partial charge is 0.493 e. The van der Waals surface area contributed by atoms with Gasteiger partial charge < -0.3 is 40.2 Å². The van der Waals surface area contributed by atoms with Crippen LogP contribution in [0.3, 0.4) is 0 Å². The molecule has 1 saturated heterocycles. The first-order chi connectivity index (χ1) is 21.0. The van der Waals surface area contributed by atoms with E-state index in [2.05, 4.69) is 19.2 Å². The molecule has 4 N–H and O–H groups in total. The van der Waals surface area contributed by atoms with Crippen LogP contribution < -0.4 is 15.8 Å². The zero-order valence-corrected chi connectivity index (χ0v) is 27.6. The van der Waals surface area contributed by atoms with E-state index >= 15 is 0 Å². The molecule has 11 heteroatoms. The lowest BCUT2D eigenvalue weighted by Crippen LogP contribution is -2.48. The van der Waals surface area contributed by atoms with Crippen LogP contribution in [0.5, 0.6) is 5.75 Å². The monoisotopic (exact) mass is 620 g/mol. The number of benzene rings is 1. The van der Waals surface area contributed by atoms with Crippen molar-refractivity contribution < 1.29 is 33.7 Å². The average Bonchev–Trinajstić information content (AvgIpc) is 3.01. The van der Waals surface area contributed by atoms with E-state index in [-0.39, 0.29) is 48.4 Å². The van der Waals surface area contributed by atoms with Gasteiger partial charge in [0.25, 0.3) is 5.91 Å². The minimum atomic E-state index is -0.918. The van der Waals surface area contributed by atoms with Gasteiger partial charge in [0.05, 0.1) is 38.0 Å². The predicted molar refractivity (Wildman–Crippen MR) is 170 cm³/mol. The van der Waals surface area contributed by atoms with Crippen LogP contribution in [0.25, 0.3) is 0 Å². The topological polar surface area (TPSA) is 144 Å². The van der Waals surface area contributed by atoms with E-state index in [0.29, 0.717) is 63.8 Å². The van der Waals surface area contributed by atoms with Crippen LogP contribution in [0.2, 0.25) is 0 Å². The van der Waals surface area contributed by atoms with E-state index in [1.165, 1.54) is 4.90 Å². The fourth-order valence-electron chi connectivity index (χ4n) is 5.30. The minimum absolute atomic E-state index is 0.00717. The van der Waals surface area contributed by atoms with Crippen molar-refractivity contribution in [1.29, 1.82) is 0 Å². The molecular formula is C33H56N4O7. The van der Waals surface area contributed by atoms with Crippen LogP contribution in [0, 0.1) is 23.7 Å². The Bertz CT molecular complexity index is 1020. The van der Waals surface area contributed by atoms with Crippen molar-refractivity contribution in [2.75, 3.05) is 66.8 Å². The third-order valence-electron chi connectivity index (χ3n) is 8.40. The number of ether oxygens (including phenoxy) is 3. The number of methoxy groups -OCH3 is 1. The number of likely N-dealkylation sites (N-methyl/N-ethyl adjacent to an activating group) is 1. The number of nitrogens with zero attached hydrogens (tertiary/aromatic N) is 2. The molecular weight excluding hydrogens is 564 g/mol. The lowest BCUT2D eigenvalue weighted by atomic mass is 9.83. The summed E-state index contributed by atoms with van der Waals surface area (Å²) in [7, 11) is 3.30. The molecule has 1 fully saturated rings. The molecule has 0 aromatic heterocycles. The van der Waals surface area contributed by atoms with Gasteiger partial charge in [0.15, 0.2) is 0 Å². The first-order valence-electron chi connectivity index (χ1n) is 16.0. The second-order valence-electron chi connectivity index (χ2n) is 12.5. The number of unbranched alkanes of at least 4 members (excludes halogenated alkanes) is 1. The molecule has 1 heterocycles. The Morgan fingerprint density at radius 3 is 2.34 bits per heavy atom. The van der Waals surface area contributed by atoms with Crippen molar-refractivity contribution in [3.8, 4) is 5.75 Å². The SMILES string of the molecule is COCCCCOc1ccccc1C(=O)NC[C@@H](C[C@H](N)[C@@H](O)C[C@H](C(=O)N(C)CC(=O)N1CCOCC1)C(C)C)C(C)C. The number of morpholine rings is 1. The Labute approximate surface area is 263 Å². The number of amides is 3. The van der Waals surface area contributed by atoms with Crippen molar-refractivity contribution in [2.24, 2.45) is 29.4 Å². The Morgan fingerprint density at radius 2 is 1.70 bits per heavy atom. The summed E-state index contributed by atoms with van der Waals surface area (Å²) in [6.45, 7) is 11.6. The number of carbonyl (C=O) groups excluding carboxylic acids is 3. The third-order valence-corrected chi connectivity index (χ3v) is 8.40. The average molecular weight is 621 g/mol. The number of aliphatic hydroxyl groups excluding tert-OH is 1. The zero-order chi connectivity index (χ0) is 32.6. The van der Waals surface area contributed by atoms with Crippen molar-refractivity contribution in [3.05, 3.63) is 29.8 Å². The van der Waals surface area contributed by atoms with E-state index in [4.69, 9.17) is 19.9 Å². The van der Waals surface area contributed by atoms with Crippen molar-refractivity contribution in [3.63, 3.8) is 0 Å². The number of rotatable bonds is 19. The van der Waals surface area contributed by atoms with Crippen LogP contribution in [-0.2, 0) is 19.1 Å². The highest BCUT2D eigenvalue weighted by molar-refractivity contribution is 5.96. The lowest BCUT2D eigenvalue weighted by Gasteiger charge is -2.32. The van der Waals surface area contributed by atoms with E-state index in [9.17, 15) is 19.5 Å². The van der Waals surface area contributed by atoms with Crippen molar-refractivity contribution >= 4 is 17.7 Å². The molecule has 1 aromatic rings. The lowest BCUT2D eigenvalue weighted by molar-refractivity contribution is -0.145. The molecule has 0 unspecified atom stereocenters. The number of carbonyl (C=O) groups is 3. The van der Waals surface area contributed by atoms with Crippen LogP contribution in [0.15, 0.2) is 24.3 Å². The van der Waals surface area contributed by atoms with E-state index in [0.717, 1.165) is 12.8 Å². The summed E-state index contributed by atoms with van der Waals surface area (Å²) >= 11 is 0. The van der Waals surface area contributed by atoms with Crippen molar-refractivity contribution in [2.45, 2.75) is 65.5 Å². The molecule has 3 amide bonds. The van der Waals surface area contributed by atoms with Gasteiger partial charge in [-0.05, 0) is 55.6 Å². The van der Waals surface area contributed by atoms with Gasteiger partial charge in [-0.25, -0.2) is 0 Å². The van der Waals surface area contributed by atoms with Crippen molar-refractivity contribution in [1.82, 2.24) is 15.1 Å². The normalized spacial score (nSPS) is 16.4. The molecule has 11 nitrogen and oxygen atoms in total. The summed E-state index contributed by atoms with van der Waals surface area (Å²) in [5.74, 6) is -0.306. The van der Waals surface area contributed by atoms with E-state index in [1.807, 2.05) is 19.9 Å². The van der Waals surface area contributed by atoms with Gasteiger partial charge in [0.2, 0.25) is 11.8 Å². The summed E-state index contributed by atoms with van der Waals surface area (Å²) in [4.78, 5) is 42.3. The molecule has 1 aliphatic heterocycles. The maximum Gasteiger partial charge on any atom is 0.255 e. The van der Waals surface area contributed by atoms with E-state index in [1.54, 1.807) is 37.3 Å². The second kappa shape index (κ2) is 19.6. The van der Waals surface area contributed by atoms with E-state index < -0.39 is 18.1 Å². The number of para-hydroxylation sites is 1. The van der Waals surface area contributed by atoms with Gasteiger partial charge in [0.1, 0.15) is 5.75 Å². The molecule has 2 rings (SSSR count). The van der Waals surface area contributed by atoms with Crippen LogP contribution >= 0.6 is 0 Å². The van der Waals surface area contributed by atoms with Crippen LogP contribution in [0.4, 0.5) is 0 Å². The summed E-state index contributed by atoms with van der Waals surface area (Å²) in [6, 6.07) is 6.60. The smallest absolute Gasteiger partial charge is 0.255 e. The fourth-order valence-corrected chi connectivity index (χ4v) is 5.30. The summed E-state index contributed by atoms with van der Waals surface area (Å²) in [5, 5.41) is 14.1. The number of hydrogen-bond acceptors (Lipinski definition) is 8. The van der Waals surface area contributed by atoms with Gasteiger partial charge in [-0.3, -0.25) is 14.4 Å². The quantitative estimate of drug-likeness (QED) is 0.200. The van der Waals surface area contributed by atoms with Gasteiger partial charge in [-0.2, -0.15) is 0 Å². The molecule has 0 saturated carbocycles. The van der Waals surface area contributed by atoms with Crippen LogP contribution in [0.1, 0.15) is 63.7 Å². The van der Waals surface area contributed by atoms with Gasteiger partial charge >= 0.3 is 0 Å². The number of hydrogen-bond donors (Lipinski definition) is 3. The molecule has 0 spiro atoms. The first kappa shape index (κ1) is 37.5. The number of aliphatic hydroxyl groups is 1. The highest BCUT2D eigenvalue weighted by atomic mass is 16.5. The maximum atomic E-state index is 13.4. The molecule has 250 valence electrons. The zero-order valence-electron chi connectivity index (χ0n) is 27.6. The summed E-state index contributed by atoms with van der Waals surface area (Å²) < 4.78 is 16.3.